The lowest BCUT2D eigenvalue weighted by atomic mass is 10.1. The van der Waals surface area contributed by atoms with Crippen molar-refractivity contribution in [3.63, 3.8) is 0 Å². The summed E-state index contributed by atoms with van der Waals surface area (Å²) in [5, 5.41) is 16.9. The fourth-order valence-electron chi connectivity index (χ4n) is 2.11. The number of benzene rings is 1. The van der Waals surface area contributed by atoms with Gasteiger partial charge in [-0.25, -0.2) is 9.67 Å². The third-order valence-electron chi connectivity index (χ3n) is 3.19. The van der Waals surface area contributed by atoms with Crippen molar-refractivity contribution >= 4 is 27.5 Å². The highest BCUT2D eigenvalue weighted by molar-refractivity contribution is 7.16. The molecule has 0 radical (unpaired) electrons. The first-order valence-electron chi connectivity index (χ1n) is 6.69. The predicted octanol–water partition coefficient (Wildman–Crippen LogP) is 2.67. The van der Waals surface area contributed by atoms with Crippen LogP contribution >= 0.6 is 11.3 Å². The Kier molecular flexibility index (Phi) is 3.92. The highest BCUT2D eigenvalue weighted by Crippen LogP contribution is 2.21. The molecule has 7 heteroatoms. The minimum atomic E-state index is -0.753. The zero-order valence-electron chi connectivity index (χ0n) is 11.3. The van der Waals surface area contributed by atoms with Gasteiger partial charge in [0.2, 0.25) is 0 Å². The monoisotopic (exact) mass is 302 g/mol. The van der Waals surface area contributed by atoms with Crippen molar-refractivity contribution in [3.05, 3.63) is 35.6 Å². The molecule has 3 rings (SSSR count). The molecule has 0 saturated carbocycles. The van der Waals surface area contributed by atoms with Crippen LogP contribution in [0.1, 0.15) is 25.0 Å². The Morgan fingerprint density at radius 1 is 1.33 bits per heavy atom. The molecule has 108 valence electrons. The summed E-state index contributed by atoms with van der Waals surface area (Å²) in [6, 6.07) is 5.97. The Hall–Kier alpha value is -2.28. The summed E-state index contributed by atoms with van der Waals surface area (Å²) >= 11 is 1.59. The second-order valence-corrected chi connectivity index (χ2v) is 5.65. The summed E-state index contributed by atoms with van der Waals surface area (Å²) in [5.74, 6) is -0.753. The van der Waals surface area contributed by atoms with Crippen molar-refractivity contribution in [2.45, 2.75) is 25.7 Å². The molecule has 0 spiro atoms. The molecule has 0 saturated heterocycles. The lowest BCUT2D eigenvalue weighted by Crippen LogP contribution is -1.95. The molecule has 1 aromatic carbocycles. The van der Waals surface area contributed by atoms with E-state index in [1.165, 1.54) is 0 Å². The van der Waals surface area contributed by atoms with Crippen molar-refractivity contribution in [3.8, 4) is 5.69 Å². The van der Waals surface area contributed by atoms with E-state index in [4.69, 9.17) is 5.11 Å². The average molecular weight is 302 g/mol. The standard InChI is InChI=1S/C14H14N4O2S/c19-14(20)4-2-1-3-10-8-18(17-16-10)11-5-6-12-13(7-11)21-9-15-12/h5-9H,1-4H2,(H,19,20). The van der Waals surface area contributed by atoms with Gasteiger partial charge in [0.05, 0.1) is 33.3 Å². The quantitative estimate of drug-likeness (QED) is 0.708. The molecule has 0 bridgehead atoms. The van der Waals surface area contributed by atoms with Gasteiger partial charge in [0.25, 0.3) is 0 Å². The highest BCUT2D eigenvalue weighted by Gasteiger charge is 2.05. The third kappa shape index (κ3) is 3.25. The number of fused-ring (bicyclic) bond motifs is 1. The number of aliphatic carboxylic acids is 1. The van der Waals surface area contributed by atoms with E-state index in [0.29, 0.717) is 6.42 Å². The predicted molar refractivity (Wildman–Crippen MR) is 79.7 cm³/mol. The minimum absolute atomic E-state index is 0.205. The molecule has 0 unspecified atom stereocenters. The van der Waals surface area contributed by atoms with Gasteiger partial charge in [0.15, 0.2) is 0 Å². The number of aromatic nitrogens is 4. The van der Waals surface area contributed by atoms with Crippen molar-refractivity contribution in [1.29, 1.82) is 0 Å². The number of hydrogen-bond donors (Lipinski definition) is 1. The first-order valence-corrected chi connectivity index (χ1v) is 7.57. The van der Waals surface area contributed by atoms with E-state index in [1.54, 1.807) is 16.0 Å². The van der Waals surface area contributed by atoms with Crippen LogP contribution in [0, 0.1) is 0 Å². The molecule has 0 atom stereocenters. The van der Waals surface area contributed by atoms with Gasteiger partial charge in [-0.1, -0.05) is 5.21 Å². The number of carboxylic acid groups (broad SMARTS) is 1. The zero-order chi connectivity index (χ0) is 14.7. The maximum Gasteiger partial charge on any atom is 0.303 e. The summed E-state index contributed by atoms with van der Waals surface area (Å²) in [7, 11) is 0. The van der Waals surface area contributed by atoms with E-state index in [9.17, 15) is 4.79 Å². The average Bonchev–Trinajstić information content (AvgIpc) is 3.11. The van der Waals surface area contributed by atoms with Crippen LogP contribution in [0.3, 0.4) is 0 Å². The Bertz CT molecular complexity index is 765. The number of aryl methyl sites for hydroxylation is 1. The SMILES string of the molecule is O=C(O)CCCCc1cn(-c2ccc3ncsc3c2)nn1. The molecule has 2 aromatic heterocycles. The molecule has 0 aliphatic rings. The molecule has 2 heterocycles. The van der Waals surface area contributed by atoms with Gasteiger partial charge in [-0.3, -0.25) is 4.79 Å². The van der Waals surface area contributed by atoms with Crippen LogP contribution in [-0.2, 0) is 11.2 Å². The van der Waals surface area contributed by atoms with Crippen molar-refractivity contribution < 1.29 is 9.90 Å². The summed E-state index contributed by atoms with van der Waals surface area (Å²) in [6.45, 7) is 0. The first-order chi connectivity index (χ1) is 10.2. The van der Waals surface area contributed by atoms with Crippen LogP contribution in [0.15, 0.2) is 29.9 Å². The van der Waals surface area contributed by atoms with Gasteiger partial charge >= 0.3 is 5.97 Å². The molecule has 0 aliphatic carbocycles. The second kappa shape index (κ2) is 6.01. The molecule has 0 aliphatic heterocycles. The van der Waals surface area contributed by atoms with Crippen molar-refractivity contribution in [2.24, 2.45) is 0 Å². The van der Waals surface area contributed by atoms with E-state index < -0.39 is 5.97 Å². The normalized spacial score (nSPS) is 11.0. The highest BCUT2D eigenvalue weighted by atomic mass is 32.1. The number of nitrogens with zero attached hydrogens (tertiary/aromatic N) is 4. The lowest BCUT2D eigenvalue weighted by molar-refractivity contribution is -0.137. The Morgan fingerprint density at radius 3 is 3.10 bits per heavy atom. The number of rotatable bonds is 6. The maximum atomic E-state index is 10.4. The van der Waals surface area contributed by atoms with Gasteiger partial charge in [-0.2, -0.15) is 0 Å². The summed E-state index contributed by atoms with van der Waals surface area (Å²) in [5.41, 5.74) is 4.64. The van der Waals surface area contributed by atoms with Crippen LogP contribution in [-0.4, -0.2) is 31.1 Å². The fraction of sp³-hybridized carbons (Fsp3) is 0.286. The van der Waals surface area contributed by atoms with Gasteiger partial charge in [-0.05, 0) is 37.5 Å². The van der Waals surface area contributed by atoms with E-state index in [-0.39, 0.29) is 6.42 Å². The molecular weight excluding hydrogens is 288 g/mol. The Balaban J connectivity index is 1.67. The van der Waals surface area contributed by atoms with Gasteiger partial charge in [-0.15, -0.1) is 16.4 Å². The van der Waals surface area contributed by atoms with Crippen LogP contribution in [0.25, 0.3) is 15.9 Å². The Labute approximate surface area is 125 Å². The Morgan fingerprint density at radius 2 is 2.24 bits per heavy atom. The molecular formula is C14H14N4O2S. The number of thiazole rings is 1. The molecule has 3 aromatic rings. The number of carboxylic acids is 1. The van der Waals surface area contributed by atoms with Gasteiger partial charge < -0.3 is 5.11 Å². The number of unbranched alkanes of at least 4 members (excludes halogenated alkanes) is 1. The van der Waals surface area contributed by atoms with Crippen LogP contribution in [0.5, 0.6) is 0 Å². The third-order valence-corrected chi connectivity index (χ3v) is 3.99. The fourth-order valence-corrected chi connectivity index (χ4v) is 2.82. The second-order valence-electron chi connectivity index (χ2n) is 4.76. The summed E-state index contributed by atoms with van der Waals surface area (Å²) in [4.78, 5) is 14.7. The van der Waals surface area contributed by atoms with E-state index in [1.807, 2.05) is 29.9 Å². The molecule has 6 nitrogen and oxygen atoms in total. The van der Waals surface area contributed by atoms with E-state index in [2.05, 4.69) is 15.3 Å². The van der Waals surface area contributed by atoms with E-state index >= 15 is 0 Å². The largest absolute Gasteiger partial charge is 0.481 e. The van der Waals surface area contributed by atoms with Crippen LogP contribution < -0.4 is 0 Å². The minimum Gasteiger partial charge on any atom is -0.481 e. The zero-order valence-corrected chi connectivity index (χ0v) is 12.1. The lowest BCUT2D eigenvalue weighted by Gasteiger charge is -1.99. The van der Waals surface area contributed by atoms with Crippen LogP contribution in [0.2, 0.25) is 0 Å². The van der Waals surface area contributed by atoms with E-state index in [0.717, 1.165) is 34.4 Å². The molecule has 0 amide bonds. The number of hydrogen-bond acceptors (Lipinski definition) is 5. The topological polar surface area (TPSA) is 80.9 Å². The van der Waals surface area contributed by atoms with Gasteiger partial charge in [0.1, 0.15) is 0 Å². The van der Waals surface area contributed by atoms with Crippen LogP contribution in [0.4, 0.5) is 0 Å². The molecule has 0 fully saturated rings. The summed E-state index contributed by atoms with van der Waals surface area (Å²) < 4.78 is 2.86. The summed E-state index contributed by atoms with van der Waals surface area (Å²) in [6.07, 6.45) is 4.31. The molecule has 21 heavy (non-hydrogen) atoms. The molecule has 1 N–H and O–H groups in total. The van der Waals surface area contributed by atoms with Crippen molar-refractivity contribution in [1.82, 2.24) is 20.0 Å². The smallest absolute Gasteiger partial charge is 0.303 e. The first kappa shape index (κ1) is 13.7. The van der Waals surface area contributed by atoms with Gasteiger partial charge in [0, 0.05) is 6.42 Å². The maximum absolute atomic E-state index is 10.4. The van der Waals surface area contributed by atoms with Crippen molar-refractivity contribution in [2.75, 3.05) is 0 Å². The number of carbonyl (C=O) groups is 1.